The maximum Gasteiger partial charge on any atom is 0.305 e. The Bertz CT molecular complexity index is 887. The SMILES string of the molecule is Cc1ccccc1[C@H](CC(=O)O)NC(=O)c1ccnc(NC(=O)C(C)(C)C)c1. The van der Waals surface area contributed by atoms with E-state index < -0.39 is 23.3 Å². The molecule has 0 aliphatic carbocycles. The Morgan fingerprint density at radius 2 is 1.82 bits per heavy atom. The third-order valence-electron chi connectivity index (χ3n) is 4.19. The van der Waals surface area contributed by atoms with Crippen LogP contribution in [0, 0.1) is 12.3 Å². The van der Waals surface area contributed by atoms with Gasteiger partial charge in [0, 0.05) is 17.2 Å². The highest BCUT2D eigenvalue weighted by Gasteiger charge is 2.23. The quantitative estimate of drug-likeness (QED) is 0.709. The number of hydrogen-bond acceptors (Lipinski definition) is 4. The van der Waals surface area contributed by atoms with Gasteiger partial charge in [0.2, 0.25) is 5.91 Å². The predicted octanol–water partition coefficient (Wildman–Crippen LogP) is 3.32. The fourth-order valence-corrected chi connectivity index (χ4v) is 2.58. The molecule has 0 saturated carbocycles. The summed E-state index contributed by atoms with van der Waals surface area (Å²) >= 11 is 0. The molecule has 28 heavy (non-hydrogen) atoms. The highest BCUT2D eigenvalue weighted by molar-refractivity contribution is 5.97. The molecular formula is C21H25N3O4. The van der Waals surface area contributed by atoms with Crippen molar-refractivity contribution in [2.24, 2.45) is 5.41 Å². The molecule has 3 N–H and O–H groups in total. The molecule has 0 aliphatic rings. The van der Waals surface area contributed by atoms with Crippen LogP contribution < -0.4 is 10.6 Å². The second kappa shape index (κ2) is 8.65. The lowest BCUT2D eigenvalue weighted by Crippen LogP contribution is -2.31. The molecule has 1 atom stereocenters. The van der Waals surface area contributed by atoms with Gasteiger partial charge in [0.25, 0.3) is 5.91 Å². The van der Waals surface area contributed by atoms with Crippen molar-refractivity contribution in [2.75, 3.05) is 5.32 Å². The number of rotatable bonds is 6. The highest BCUT2D eigenvalue weighted by Crippen LogP contribution is 2.22. The molecule has 2 rings (SSSR count). The fraction of sp³-hybridized carbons (Fsp3) is 0.333. The molecule has 148 valence electrons. The normalized spacial score (nSPS) is 12.1. The number of aromatic nitrogens is 1. The topological polar surface area (TPSA) is 108 Å². The maximum atomic E-state index is 12.7. The van der Waals surface area contributed by atoms with E-state index in [9.17, 15) is 19.5 Å². The zero-order chi connectivity index (χ0) is 20.9. The number of benzene rings is 1. The Kier molecular flexibility index (Phi) is 6.51. The van der Waals surface area contributed by atoms with Gasteiger partial charge in [-0.1, -0.05) is 45.0 Å². The summed E-state index contributed by atoms with van der Waals surface area (Å²) < 4.78 is 0. The van der Waals surface area contributed by atoms with E-state index in [-0.39, 0.29) is 23.7 Å². The van der Waals surface area contributed by atoms with Crippen LogP contribution in [-0.4, -0.2) is 27.9 Å². The van der Waals surface area contributed by atoms with Crippen molar-refractivity contribution in [1.29, 1.82) is 0 Å². The van der Waals surface area contributed by atoms with Crippen molar-refractivity contribution in [3.05, 3.63) is 59.3 Å². The summed E-state index contributed by atoms with van der Waals surface area (Å²) in [5, 5.41) is 14.7. The molecule has 0 radical (unpaired) electrons. The molecule has 1 aromatic heterocycles. The summed E-state index contributed by atoms with van der Waals surface area (Å²) in [6, 6.07) is 9.62. The van der Waals surface area contributed by atoms with Crippen molar-refractivity contribution in [1.82, 2.24) is 10.3 Å². The van der Waals surface area contributed by atoms with Crippen LogP contribution in [0.2, 0.25) is 0 Å². The van der Waals surface area contributed by atoms with Gasteiger partial charge in [0.15, 0.2) is 0 Å². The number of amides is 2. The lowest BCUT2D eigenvalue weighted by Gasteiger charge is -2.20. The highest BCUT2D eigenvalue weighted by atomic mass is 16.4. The van der Waals surface area contributed by atoms with E-state index in [4.69, 9.17) is 0 Å². The van der Waals surface area contributed by atoms with Crippen molar-refractivity contribution < 1.29 is 19.5 Å². The summed E-state index contributed by atoms with van der Waals surface area (Å²) in [7, 11) is 0. The standard InChI is InChI=1S/C21H25N3O4/c1-13-7-5-6-8-15(13)16(12-18(25)26)23-19(27)14-9-10-22-17(11-14)24-20(28)21(2,3)4/h5-11,16H,12H2,1-4H3,(H,23,27)(H,25,26)(H,22,24,28)/t16-/m0/s1. The monoisotopic (exact) mass is 383 g/mol. The third-order valence-corrected chi connectivity index (χ3v) is 4.19. The van der Waals surface area contributed by atoms with Crippen LogP contribution in [0.5, 0.6) is 0 Å². The number of carbonyl (C=O) groups excluding carboxylic acids is 2. The number of carboxylic acid groups (broad SMARTS) is 1. The molecule has 2 aromatic rings. The molecule has 7 nitrogen and oxygen atoms in total. The van der Waals surface area contributed by atoms with E-state index in [1.807, 2.05) is 19.1 Å². The average molecular weight is 383 g/mol. The van der Waals surface area contributed by atoms with Crippen molar-refractivity contribution in [3.8, 4) is 0 Å². The Hall–Kier alpha value is -3.22. The Balaban J connectivity index is 2.22. The number of nitrogens with one attached hydrogen (secondary N) is 2. The average Bonchev–Trinajstić information content (AvgIpc) is 2.60. The van der Waals surface area contributed by atoms with E-state index in [2.05, 4.69) is 15.6 Å². The molecule has 1 heterocycles. The fourth-order valence-electron chi connectivity index (χ4n) is 2.58. The van der Waals surface area contributed by atoms with Crippen LogP contribution in [0.15, 0.2) is 42.6 Å². The largest absolute Gasteiger partial charge is 0.481 e. The van der Waals surface area contributed by atoms with Crippen LogP contribution in [0.4, 0.5) is 5.82 Å². The molecule has 1 aromatic carbocycles. The van der Waals surface area contributed by atoms with Crippen molar-refractivity contribution in [3.63, 3.8) is 0 Å². The molecule has 7 heteroatoms. The van der Waals surface area contributed by atoms with Crippen LogP contribution >= 0.6 is 0 Å². The first-order valence-corrected chi connectivity index (χ1v) is 8.93. The zero-order valence-electron chi connectivity index (χ0n) is 16.4. The van der Waals surface area contributed by atoms with Gasteiger partial charge in [0.05, 0.1) is 12.5 Å². The Morgan fingerprint density at radius 3 is 2.43 bits per heavy atom. The van der Waals surface area contributed by atoms with Crippen molar-refractivity contribution in [2.45, 2.75) is 40.2 Å². The first kappa shape index (κ1) is 21.1. The number of aliphatic carboxylic acids is 1. The summed E-state index contributed by atoms with van der Waals surface area (Å²) in [4.78, 5) is 40.2. The third kappa shape index (κ3) is 5.64. The van der Waals surface area contributed by atoms with Gasteiger partial charge in [-0.25, -0.2) is 4.98 Å². The minimum Gasteiger partial charge on any atom is -0.481 e. The van der Waals surface area contributed by atoms with Crippen LogP contribution in [0.3, 0.4) is 0 Å². The molecule has 0 bridgehead atoms. The Morgan fingerprint density at radius 1 is 1.14 bits per heavy atom. The van der Waals surface area contributed by atoms with Gasteiger partial charge in [-0.3, -0.25) is 14.4 Å². The summed E-state index contributed by atoms with van der Waals surface area (Å²) in [5.41, 5.74) is 1.32. The van der Waals surface area contributed by atoms with E-state index in [0.717, 1.165) is 11.1 Å². The van der Waals surface area contributed by atoms with Gasteiger partial charge >= 0.3 is 5.97 Å². The number of carboxylic acids is 1. The first-order chi connectivity index (χ1) is 13.1. The van der Waals surface area contributed by atoms with Crippen molar-refractivity contribution >= 4 is 23.6 Å². The van der Waals surface area contributed by atoms with Gasteiger partial charge in [-0.05, 0) is 30.2 Å². The Labute approximate surface area is 164 Å². The zero-order valence-corrected chi connectivity index (χ0v) is 16.4. The molecule has 0 saturated heterocycles. The first-order valence-electron chi connectivity index (χ1n) is 8.93. The van der Waals surface area contributed by atoms with Gasteiger partial charge in [0.1, 0.15) is 5.82 Å². The number of carbonyl (C=O) groups is 3. The second-order valence-corrected chi connectivity index (χ2v) is 7.61. The van der Waals surface area contributed by atoms with Gasteiger partial charge in [-0.2, -0.15) is 0 Å². The predicted molar refractivity (Wildman–Crippen MR) is 106 cm³/mol. The summed E-state index contributed by atoms with van der Waals surface area (Å²) in [6.07, 6.45) is 1.18. The number of aryl methyl sites for hydroxylation is 1. The second-order valence-electron chi connectivity index (χ2n) is 7.61. The summed E-state index contributed by atoms with van der Waals surface area (Å²) in [5.74, 6) is -1.41. The molecule has 0 aliphatic heterocycles. The lowest BCUT2D eigenvalue weighted by molar-refractivity contribution is -0.137. The number of pyridine rings is 1. The van der Waals surface area contributed by atoms with E-state index in [1.54, 1.807) is 32.9 Å². The van der Waals surface area contributed by atoms with E-state index >= 15 is 0 Å². The van der Waals surface area contributed by atoms with Gasteiger partial charge < -0.3 is 15.7 Å². The molecule has 2 amide bonds. The summed E-state index contributed by atoms with van der Waals surface area (Å²) in [6.45, 7) is 7.19. The molecule has 0 unspecified atom stereocenters. The van der Waals surface area contributed by atoms with Gasteiger partial charge in [-0.15, -0.1) is 0 Å². The number of anilines is 1. The van der Waals surface area contributed by atoms with E-state index in [1.165, 1.54) is 18.3 Å². The lowest BCUT2D eigenvalue weighted by atomic mass is 9.96. The number of hydrogen-bond donors (Lipinski definition) is 3. The smallest absolute Gasteiger partial charge is 0.305 e. The molecular weight excluding hydrogens is 358 g/mol. The van der Waals surface area contributed by atoms with E-state index in [0.29, 0.717) is 0 Å². The minimum atomic E-state index is -1.01. The van der Waals surface area contributed by atoms with Crippen LogP contribution in [0.25, 0.3) is 0 Å². The van der Waals surface area contributed by atoms with Crippen LogP contribution in [0.1, 0.15) is 54.7 Å². The number of nitrogens with zero attached hydrogens (tertiary/aromatic N) is 1. The molecule has 0 fully saturated rings. The van der Waals surface area contributed by atoms with Crippen LogP contribution in [-0.2, 0) is 9.59 Å². The molecule has 0 spiro atoms. The minimum absolute atomic E-state index is 0.221. The maximum absolute atomic E-state index is 12.7.